The van der Waals surface area contributed by atoms with Gasteiger partial charge in [-0.1, -0.05) is 218 Å². The Morgan fingerprint density at radius 3 is 1.33 bits per heavy atom. The second kappa shape index (κ2) is 42.6. The van der Waals surface area contributed by atoms with E-state index in [4.69, 9.17) is 9.47 Å². The molecule has 0 aliphatic carbocycles. The Balaban J connectivity index is 2.30. The van der Waals surface area contributed by atoms with Gasteiger partial charge in [-0.25, -0.2) is 0 Å². The second-order valence-corrected chi connectivity index (χ2v) is 18.3. The molecule has 0 radical (unpaired) electrons. The molecule has 61 heavy (non-hydrogen) atoms. The molecular formula is C52H99NO8. The van der Waals surface area contributed by atoms with Gasteiger partial charge in [0.05, 0.1) is 25.4 Å². The Morgan fingerprint density at radius 1 is 0.541 bits per heavy atom. The highest BCUT2D eigenvalue weighted by atomic mass is 16.7. The van der Waals surface area contributed by atoms with E-state index < -0.39 is 49.5 Å². The largest absolute Gasteiger partial charge is 0.394 e. The van der Waals surface area contributed by atoms with Gasteiger partial charge in [-0.15, -0.1) is 0 Å². The highest BCUT2D eigenvalue weighted by molar-refractivity contribution is 5.76. The lowest BCUT2D eigenvalue weighted by molar-refractivity contribution is -0.302. The van der Waals surface area contributed by atoms with Crippen LogP contribution in [-0.4, -0.2) is 87.5 Å². The van der Waals surface area contributed by atoms with Gasteiger partial charge in [-0.3, -0.25) is 4.79 Å². The molecule has 0 aromatic heterocycles. The van der Waals surface area contributed by atoms with E-state index in [9.17, 15) is 30.3 Å². The molecule has 7 atom stereocenters. The van der Waals surface area contributed by atoms with E-state index >= 15 is 0 Å². The minimum absolute atomic E-state index is 0.183. The van der Waals surface area contributed by atoms with Crippen molar-refractivity contribution in [2.24, 2.45) is 0 Å². The molecule has 0 saturated carbocycles. The van der Waals surface area contributed by atoms with Crippen molar-refractivity contribution in [1.82, 2.24) is 5.32 Å². The molecular weight excluding hydrogens is 767 g/mol. The summed E-state index contributed by atoms with van der Waals surface area (Å²) in [6.07, 6.45) is 45.1. The van der Waals surface area contributed by atoms with Gasteiger partial charge in [-0.05, 0) is 44.9 Å². The lowest BCUT2D eigenvalue weighted by Crippen LogP contribution is -2.60. The molecule has 360 valence electrons. The Labute approximate surface area is 375 Å². The third-order valence-electron chi connectivity index (χ3n) is 12.5. The van der Waals surface area contributed by atoms with Gasteiger partial charge in [0.15, 0.2) is 6.29 Å². The Hall–Kier alpha value is -1.33. The lowest BCUT2D eigenvalue weighted by Gasteiger charge is -2.40. The van der Waals surface area contributed by atoms with E-state index in [1.54, 1.807) is 6.08 Å². The first-order valence-electron chi connectivity index (χ1n) is 26.1. The van der Waals surface area contributed by atoms with Crippen LogP contribution in [0.5, 0.6) is 0 Å². The molecule has 1 heterocycles. The maximum atomic E-state index is 13.0. The zero-order chi connectivity index (χ0) is 44.4. The number of rotatable bonds is 44. The molecule has 6 N–H and O–H groups in total. The fraction of sp³-hybridized carbons (Fsp3) is 0.904. The van der Waals surface area contributed by atoms with Crippen LogP contribution in [0.3, 0.4) is 0 Å². The molecule has 0 bridgehead atoms. The Bertz CT molecular complexity index is 1010. The molecule has 0 spiro atoms. The molecule has 1 aliphatic rings. The monoisotopic (exact) mass is 866 g/mol. The standard InChI is InChI=1S/C52H99NO8/c1-3-5-7-9-11-13-15-17-19-21-23-24-25-27-29-31-33-35-37-39-41-46(55)45(44-60-52-51(59)50(58)49(57)47(43-54)61-52)53-48(56)42-40-38-36-34-32-30-28-26-22-20-18-16-14-12-10-8-6-4-2/h26,28,39,41,45-47,49-52,54-55,57-59H,3-25,27,29-38,40,42-44H2,1-2H3,(H,53,56)/b28-26-,41-39+. The van der Waals surface area contributed by atoms with Gasteiger partial charge >= 0.3 is 0 Å². The van der Waals surface area contributed by atoms with Crippen molar-refractivity contribution in [1.29, 1.82) is 0 Å². The average Bonchev–Trinajstić information content (AvgIpc) is 3.26. The molecule has 0 aromatic rings. The minimum Gasteiger partial charge on any atom is -0.394 e. The number of aliphatic hydroxyl groups excluding tert-OH is 5. The molecule has 1 saturated heterocycles. The van der Waals surface area contributed by atoms with Crippen molar-refractivity contribution in [3.8, 4) is 0 Å². The Kier molecular flexibility index (Phi) is 40.3. The third-order valence-corrected chi connectivity index (χ3v) is 12.5. The molecule has 9 nitrogen and oxygen atoms in total. The molecule has 7 unspecified atom stereocenters. The molecule has 1 aliphatic heterocycles. The van der Waals surface area contributed by atoms with Gasteiger partial charge in [0.1, 0.15) is 24.4 Å². The van der Waals surface area contributed by atoms with Crippen molar-refractivity contribution in [3.05, 3.63) is 24.3 Å². The first kappa shape index (κ1) is 57.7. The predicted molar refractivity (Wildman–Crippen MR) is 253 cm³/mol. The van der Waals surface area contributed by atoms with Crippen molar-refractivity contribution < 1.29 is 39.8 Å². The summed E-state index contributed by atoms with van der Waals surface area (Å²) in [7, 11) is 0. The highest BCUT2D eigenvalue weighted by Gasteiger charge is 2.44. The lowest BCUT2D eigenvalue weighted by atomic mass is 9.99. The van der Waals surface area contributed by atoms with Crippen molar-refractivity contribution in [2.45, 2.75) is 288 Å². The summed E-state index contributed by atoms with van der Waals surface area (Å²) in [6.45, 7) is 3.79. The van der Waals surface area contributed by atoms with E-state index in [0.717, 1.165) is 57.8 Å². The van der Waals surface area contributed by atoms with Crippen LogP contribution in [0.2, 0.25) is 0 Å². The van der Waals surface area contributed by atoms with Crippen LogP contribution in [0.15, 0.2) is 24.3 Å². The van der Waals surface area contributed by atoms with Crippen LogP contribution >= 0.6 is 0 Å². The summed E-state index contributed by atoms with van der Waals surface area (Å²) < 4.78 is 11.2. The predicted octanol–water partition coefficient (Wildman–Crippen LogP) is 11.8. The van der Waals surface area contributed by atoms with E-state index in [1.807, 2.05) is 6.08 Å². The van der Waals surface area contributed by atoms with Crippen LogP contribution in [0, 0.1) is 0 Å². The van der Waals surface area contributed by atoms with Crippen LogP contribution in [0.4, 0.5) is 0 Å². The number of carbonyl (C=O) groups is 1. The minimum atomic E-state index is -1.57. The quantitative estimate of drug-likeness (QED) is 0.0262. The summed E-state index contributed by atoms with van der Waals surface area (Å²) >= 11 is 0. The fourth-order valence-corrected chi connectivity index (χ4v) is 8.33. The first-order valence-corrected chi connectivity index (χ1v) is 26.1. The second-order valence-electron chi connectivity index (χ2n) is 18.3. The van der Waals surface area contributed by atoms with E-state index in [0.29, 0.717) is 6.42 Å². The van der Waals surface area contributed by atoms with Crippen molar-refractivity contribution >= 4 is 5.91 Å². The molecule has 9 heteroatoms. The van der Waals surface area contributed by atoms with E-state index in [1.165, 1.54) is 167 Å². The van der Waals surface area contributed by atoms with Gasteiger partial charge in [0.2, 0.25) is 5.91 Å². The maximum Gasteiger partial charge on any atom is 0.220 e. The van der Waals surface area contributed by atoms with Crippen molar-refractivity contribution in [3.63, 3.8) is 0 Å². The number of unbranched alkanes of at least 4 members (excludes halogenated alkanes) is 32. The summed E-state index contributed by atoms with van der Waals surface area (Å²) in [5.74, 6) is -0.183. The zero-order valence-electron chi connectivity index (χ0n) is 39.7. The van der Waals surface area contributed by atoms with Gasteiger partial charge in [0, 0.05) is 6.42 Å². The molecule has 0 aromatic carbocycles. The number of carbonyl (C=O) groups excluding carboxylic acids is 1. The summed E-state index contributed by atoms with van der Waals surface area (Å²) in [6, 6.07) is -0.807. The fourth-order valence-electron chi connectivity index (χ4n) is 8.33. The van der Waals surface area contributed by atoms with E-state index in [-0.39, 0.29) is 12.5 Å². The summed E-state index contributed by atoms with van der Waals surface area (Å²) in [5, 5.41) is 54.4. The summed E-state index contributed by atoms with van der Waals surface area (Å²) in [4.78, 5) is 13.0. The van der Waals surface area contributed by atoms with Gasteiger partial charge < -0.3 is 40.3 Å². The number of allylic oxidation sites excluding steroid dienone is 3. The normalized spacial score (nSPS) is 20.5. The van der Waals surface area contributed by atoms with Gasteiger partial charge in [0.25, 0.3) is 0 Å². The van der Waals surface area contributed by atoms with Crippen LogP contribution in [0.1, 0.15) is 245 Å². The number of nitrogens with one attached hydrogen (secondary N) is 1. The topological polar surface area (TPSA) is 149 Å². The van der Waals surface area contributed by atoms with E-state index in [2.05, 4.69) is 31.3 Å². The SMILES string of the molecule is CCCCCCCCCCC/C=C\CCCCCCCC(=O)NC(COC1OC(CO)C(O)C(O)C1O)C(O)/C=C/CCCCCCCCCCCCCCCCCCCC. The Morgan fingerprint density at radius 2 is 0.918 bits per heavy atom. The number of hydrogen-bond donors (Lipinski definition) is 6. The number of aliphatic hydroxyl groups is 5. The number of hydrogen-bond acceptors (Lipinski definition) is 8. The van der Waals surface area contributed by atoms with Crippen LogP contribution in [0.25, 0.3) is 0 Å². The summed E-state index contributed by atoms with van der Waals surface area (Å²) in [5.41, 5.74) is 0. The van der Waals surface area contributed by atoms with Gasteiger partial charge in [-0.2, -0.15) is 0 Å². The maximum absolute atomic E-state index is 13.0. The molecule has 1 rings (SSSR count). The first-order chi connectivity index (χ1) is 29.8. The molecule has 1 fully saturated rings. The third kappa shape index (κ3) is 32.9. The smallest absolute Gasteiger partial charge is 0.220 e. The zero-order valence-corrected chi connectivity index (χ0v) is 39.7. The van der Waals surface area contributed by atoms with Crippen LogP contribution in [-0.2, 0) is 14.3 Å². The highest BCUT2D eigenvalue weighted by Crippen LogP contribution is 2.23. The van der Waals surface area contributed by atoms with Crippen LogP contribution < -0.4 is 5.32 Å². The molecule has 1 amide bonds. The van der Waals surface area contributed by atoms with Crippen molar-refractivity contribution in [2.75, 3.05) is 13.2 Å². The number of ether oxygens (including phenoxy) is 2. The average molecular weight is 866 g/mol. The number of amides is 1.